The minimum atomic E-state index is 0.524. The first-order chi connectivity index (χ1) is 8.81. The predicted octanol–water partition coefficient (Wildman–Crippen LogP) is 7.23. The van der Waals surface area contributed by atoms with Gasteiger partial charge in [-0.2, -0.15) is 0 Å². The van der Waals surface area contributed by atoms with Gasteiger partial charge in [0, 0.05) is 0 Å². The van der Waals surface area contributed by atoms with E-state index in [9.17, 15) is 0 Å². The normalized spacial score (nSPS) is 14.1. The summed E-state index contributed by atoms with van der Waals surface area (Å²) in [5, 5.41) is 0. The van der Waals surface area contributed by atoms with Gasteiger partial charge in [0.15, 0.2) is 0 Å². The van der Waals surface area contributed by atoms with Crippen LogP contribution in [0.1, 0.15) is 106 Å². The van der Waals surface area contributed by atoms with Gasteiger partial charge in [0.1, 0.15) is 0 Å². The van der Waals surface area contributed by atoms with Gasteiger partial charge in [-0.25, -0.2) is 0 Å². The quantitative estimate of drug-likeness (QED) is 0.347. The van der Waals surface area contributed by atoms with E-state index in [1.807, 2.05) is 0 Å². The van der Waals surface area contributed by atoms with E-state index in [-0.39, 0.29) is 0 Å². The van der Waals surface area contributed by atoms with Crippen LogP contribution in [0.5, 0.6) is 0 Å². The zero-order chi connectivity index (χ0) is 14.7. The van der Waals surface area contributed by atoms with Gasteiger partial charge in [-0.05, 0) is 23.7 Å². The van der Waals surface area contributed by atoms with Crippen molar-refractivity contribution >= 4 is 0 Å². The van der Waals surface area contributed by atoms with Crippen molar-refractivity contribution in [3.63, 3.8) is 0 Å². The Labute approximate surface area is 123 Å². The summed E-state index contributed by atoms with van der Waals surface area (Å²) in [5.41, 5.74) is 0.524. The molecule has 1 unspecified atom stereocenters. The highest BCUT2D eigenvalue weighted by Crippen LogP contribution is 2.24. The minimum Gasteiger partial charge on any atom is -0.0628 e. The molecule has 1 atom stereocenters. The van der Waals surface area contributed by atoms with Crippen LogP contribution in [-0.4, -0.2) is 0 Å². The predicted molar refractivity (Wildman–Crippen MR) is 89.6 cm³/mol. The molecule has 0 heteroatoms. The fourth-order valence-corrected chi connectivity index (χ4v) is 2.70. The third kappa shape index (κ3) is 15.9. The second kappa shape index (κ2) is 10.7. The number of unbranched alkanes of at least 4 members (excludes halogenated alkanes) is 4. The molecule has 0 radical (unpaired) electrons. The van der Waals surface area contributed by atoms with Gasteiger partial charge in [-0.15, -0.1) is 0 Å². The van der Waals surface area contributed by atoms with Gasteiger partial charge in [-0.3, -0.25) is 0 Å². The van der Waals surface area contributed by atoms with Crippen LogP contribution >= 0.6 is 0 Å². The van der Waals surface area contributed by atoms with Crippen LogP contribution in [0.2, 0.25) is 0 Å². The first-order valence-electron chi connectivity index (χ1n) is 8.81. The topological polar surface area (TPSA) is 0 Å². The lowest BCUT2D eigenvalue weighted by molar-refractivity contribution is 0.335. The van der Waals surface area contributed by atoms with Crippen LogP contribution in [0.15, 0.2) is 0 Å². The third-order valence-corrected chi connectivity index (χ3v) is 4.10. The molecule has 0 saturated carbocycles. The van der Waals surface area contributed by atoms with Crippen LogP contribution in [0.25, 0.3) is 0 Å². The van der Waals surface area contributed by atoms with Gasteiger partial charge in [-0.1, -0.05) is 99.3 Å². The molecule has 0 fully saturated rings. The Balaban J connectivity index is 3.27. The van der Waals surface area contributed by atoms with Gasteiger partial charge in [0.05, 0.1) is 0 Å². The Hall–Kier alpha value is 0. The van der Waals surface area contributed by atoms with E-state index in [1.54, 1.807) is 0 Å². The van der Waals surface area contributed by atoms with E-state index < -0.39 is 0 Å². The van der Waals surface area contributed by atoms with Crippen LogP contribution < -0.4 is 0 Å². The molecule has 0 aliphatic heterocycles. The van der Waals surface area contributed by atoms with Gasteiger partial charge in [0.2, 0.25) is 0 Å². The lowest BCUT2D eigenvalue weighted by Crippen LogP contribution is -2.05. The smallest absolute Gasteiger partial charge is 0.0383 e. The van der Waals surface area contributed by atoms with Crippen molar-refractivity contribution in [3.8, 4) is 0 Å². The Morgan fingerprint density at radius 3 is 1.63 bits per heavy atom. The molecule has 19 heavy (non-hydrogen) atoms. The van der Waals surface area contributed by atoms with Crippen molar-refractivity contribution in [3.05, 3.63) is 0 Å². The second-order valence-corrected chi connectivity index (χ2v) is 8.30. The Morgan fingerprint density at radius 1 is 0.632 bits per heavy atom. The number of hydrogen-bond donors (Lipinski definition) is 0. The molecule has 0 aliphatic rings. The number of hydrogen-bond acceptors (Lipinski definition) is 0. The molecule has 0 saturated heterocycles. The van der Waals surface area contributed by atoms with Gasteiger partial charge < -0.3 is 0 Å². The maximum atomic E-state index is 2.45. The first-order valence-corrected chi connectivity index (χ1v) is 8.81. The van der Waals surface area contributed by atoms with E-state index in [1.165, 1.54) is 64.2 Å². The molecular weight excluding hydrogens is 228 g/mol. The molecule has 116 valence electrons. The Kier molecular flexibility index (Phi) is 10.7. The average molecular weight is 269 g/mol. The molecule has 0 bridgehead atoms. The Bertz CT molecular complexity index is 185. The summed E-state index contributed by atoms with van der Waals surface area (Å²) in [6.07, 6.45) is 14.4. The third-order valence-electron chi connectivity index (χ3n) is 4.10. The van der Waals surface area contributed by atoms with Crippen molar-refractivity contribution in [2.45, 2.75) is 106 Å². The van der Waals surface area contributed by atoms with E-state index in [0.717, 1.165) is 11.8 Å². The van der Waals surface area contributed by atoms with Gasteiger partial charge >= 0.3 is 0 Å². The lowest BCUT2D eigenvalue weighted by atomic mass is 9.87. The maximum absolute atomic E-state index is 2.45. The summed E-state index contributed by atoms with van der Waals surface area (Å²) >= 11 is 0. The second-order valence-electron chi connectivity index (χ2n) is 8.30. The molecule has 0 aromatic carbocycles. The highest BCUT2D eigenvalue weighted by molar-refractivity contribution is 4.63. The van der Waals surface area contributed by atoms with Crippen LogP contribution in [-0.2, 0) is 0 Å². The van der Waals surface area contributed by atoms with E-state index in [0.29, 0.717) is 5.41 Å². The molecule has 0 aromatic rings. The molecule has 0 heterocycles. The molecule has 0 aromatic heterocycles. The summed E-state index contributed by atoms with van der Waals surface area (Å²) in [5.74, 6) is 1.83. The van der Waals surface area contributed by atoms with Crippen molar-refractivity contribution in [2.24, 2.45) is 17.3 Å². The standard InChI is InChI=1S/C19H40/c1-17(2)13-10-8-7-9-11-14-18(3)15-12-16-19(4,5)6/h17-18H,7-16H2,1-6H3. The summed E-state index contributed by atoms with van der Waals surface area (Å²) in [6.45, 7) is 14.2. The molecular formula is C19H40. The molecule has 0 N–H and O–H groups in total. The molecule has 0 spiro atoms. The highest BCUT2D eigenvalue weighted by Gasteiger charge is 2.10. The van der Waals surface area contributed by atoms with Crippen LogP contribution in [0.3, 0.4) is 0 Å². The summed E-state index contributed by atoms with van der Waals surface area (Å²) in [7, 11) is 0. The highest BCUT2D eigenvalue weighted by atomic mass is 14.2. The number of rotatable bonds is 11. The SMILES string of the molecule is CC(C)CCCCCCCC(C)CCCC(C)(C)C. The lowest BCUT2D eigenvalue weighted by Gasteiger charge is -2.19. The van der Waals surface area contributed by atoms with Crippen molar-refractivity contribution in [1.29, 1.82) is 0 Å². The van der Waals surface area contributed by atoms with Crippen LogP contribution in [0.4, 0.5) is 0 Å². The summed E-state index contributed by atoms with van der Waals surface area (Å²) in [4.78, 5) is 0. The fourth-order valence-electron chi connectivity index (χ4n) is 2.70. The summed E-state index contributed by atoms with van der Waals surface area (Å²) in [6, 6.07) is 0. The average Bonchev–Trinajstić information content (AvgIpc) is 2.25. The van der Waals surface area contributed by atoms with Gasteiger partial charge in [0.25, 0.3) is 0 Å². The zero-order valence-electron chi connectivity index (χ0n) is 14.7. The molecule has 0 rings (SSSR count). The monoisotopic (exact) mass is 268 g/mol. The summed E-state index contributed by atoms with van der Waals surface area (Å²) < 4.78 is 0. The van der Waals surface area contributed by atoms with Crippen molar-refractivity contribution in [2.75, 3.05) is 0 Å². The molecule has 0 nitrogen and oxygen atoms in total. The van der Waals surface area contributed by atoms with E-state index >= 15 is 0 Å². The van der Waals surface area contributed by atoms with Crippen molar-refractivity contribution < 1.29 is 0 Å². The molecule has 0 amide bonds. The Morgan fingerprint density at radius 2 is 1.11 bits per heavy atom. The van der Waals surface area contributed by atoms with Crippen molar-refractivity contribution in [1.82, 2.24) is 0 Å². The van der Waals surface area contributed by atoms with E-state index in [4.69, 9.17) is 0 Å². The fraction of sp³-hybridized carbons (Fsp3) is 1.00. The first kappa shape index (κ1) is 19.0. The zero-order valence-corrected chi connectivity index (χ0v) is 14.7. The largest absolute Gasteiger partial charge is 0.0628 e. The maximum Gasteiger partial charge on any atom is -0.0383 e. The van der Waals surface area contributed by atoms with Crippen LogP contribution in [0, 0.1) is 17.3 Å². The molecule has 0 aliphatic carbocycles. The van der Waals surface area contributed by atoms with E-state index in [2.05, 4.69) is 41.5 Å². The minimum absolute atomic E-state index is 0.524.